The lowest BCUT2D eigenvalue weighted by Crippen LogP contribution is -2.25. The first-order valence-corrected chi connectivity index (χ1v) is 6.88. The molecule has 0 unspecified atom stereocenters. The van der Waals surface area contributed by atoms with Gasteiger partial charge < -0.3 is 14.6 Å². The molecule has 0 atom stereocenters. The van der Waals surface area contributed by atoms with Gasteiger partial charge in [0.2, 0.25) is 0 Å². The summed E-state index contributed by atoms with van der Waals surface area (Å²) >= 11 is 0. The van der Waals surface area contributed by atoms with Gasteiger partial charge in [-0.3, -0.25) is 0 Å². The largest absolute Gasteiger partial charge is 0.487 e. The Labute approximate surface area is 119 Å². The van der Waals surface area contributed by atoms with Crippen LogP contribution in [0, 0.1) is 0 Å². The molecule has 5 heteroatoms. The summed E-state index contributed by atoms with van der Waals surface area (Å²) in [6, 6.07) is 6.36. The van der Waals surface area contributed by atoms with Gasteiger partial charge in [-0.1, -0.05) is 18.2 Å². The number of nitrogens with zero attached hydrogens (tertiary/aromatic N) is 3. The molecule has 20 heavy (non-hydrogen) atoms. The molecular formula is C15H20N4O. The zero-order valence-electron chi connectivity index (χ0n) is 12.2. The van der Waals surface area contributed by atoms with Gasteiger partial charge in [-0.15, -0.1) is 10.2 Å². The van der Waals surface area contributed by atoms with E-state index >= 15 is 0 Å². The van der Waals surface area contributed by atoms with E-state index in [0.717, 1.165) is 24.5 Å². The average Bonchev–Trinajstić information content (AvgIpc) is 2.92. The van der Waals surface area contributed by atoms with E-state index in [1.54, 1.807) is 6.33 Å². The van der Waals surface area contributed by atoms with Crippen molar-refractivity contribution in [1.82, 2.24) is 20.1 Å². The number of aryl methyl sites for hydroxylation is 1. The summed E-state index contributed by atoms with van der Waals surface area (Å²) in [6.07, 6.45) is 2.68. The van der Waals surface area contributed by atoms with Crippen molar-refractivity contribution in [3.63, 3.8) is 0 Å². The van der Waals surface area contributed by atoms with Crippen LogP contribution in [0.3, 0.4) is 0 Å². The van der Waals surface area contributed by atoms with Crippen LogP contribution < -0.4 is 10.1 Å². The minimum atomic E-state index is -0.0952. The second kappa shape index (κ2) is 4.90. The Morgan fingerprint density at radius 2 is 2.20 bits per heavy atom. The Hall–Kier alpha value is -1.88. The fraction of sp³-hybridized carbons (Fsp3) is 0.467. The molecule has 0 radical (unpaired) electrons. The van der Waals surface area contributed by atoms with Crippen LogP contribution in [0.25, 0.3) is 0 Å². The first-order chi connectivity index (χ1) is 9.55. The van der Waals surface area contributed by atoms with Gasteiger partial charge in [0.05, 0.1) is 6.54 Å². The number of aromatic nitrogens is 3. The minimum Gasteiger partial charge on any atom is -0.487 e. The van der Waals surface area contributed by atoms with Gasteiger partial charge in [-0.25, -0.2) is 0 Å². The van der Waals surface area contributed by atoms with Gasteiger partial charge in [-0.05, 0) is 19.4 Å². The number of hydrogen-bond donors (Lipinski definition) is 1. The van der Waals surface area contributed by atoms with E-state index in [1.807, 2.05) is 11.6 Å². The van der Waals surface area contributed by atoms with Crippen LogP contribution in [0.5, 0.6) is 5.75 Å². The molecule has 2 aromatic rings. The minimum absolute atomic E-state index is 0.0952. The van der Waals surface area contributed by atoms with E-state index in [2.05, 4.69) is 47.6 Å². The summed E-state index contributed by atoms with van der Waals surface area (Å²) in [4.78, 5) is 0. The van der Waals surface area contributed by atoms with Crippen LogP contribution >= 0.6 is 0 Å². The first kappa shape index (κ1) is 13.1. The number of hydrogen-bond acceptors (Lipinski definition) is 4. The lowest BCUT2D eigenvalue weighted by atomic mass is 10.0. The van der Waals surface area contributed by atoms with Crippen molar-refractivity contribution in [3.8, 4) is 5.75 Å². The fourth-order valence-corrected chi connectivity index (χ4v) is 2.59. The number of para-hydroxylation sites is 1. The molecule has 0 aliphatic carbocycles. The quantitative estimate of drug-likeness (QED) is 0.922. The summed E-state index contributed by atoms with van der Waals surface area (Å²) in [5, 5.41) is 11.3. The zero-order valence-corrected chi connectivity index (χ0v) is 12.2. The zero-order chi connectivity index (χ0) is 14.2. The highest BCUT2D eigenvalue weighted by Crippen LogP contribution is 2.37. The lowest BCUT2D eigenvalue weighted by Gasteiger charge is -2.18. The highest BCUT2D eigenvalue weighted by atomic mass is 16.5. The summed E-state index contributed by atoms with van der Waals surface area (Å²) in [7, 11) is 1.95. The third-order valence-corrected chi connectivity index (χ3v) is 3.58. The molecule has 0 saturated carbocycles. The van der Waals surface area contributed by atoms with Gasteiger partial charge in [0.1, 0.15) is 23.5 Å². The maximum Gasteiger partial charge on any atom is 0.146 e. The molecule has 5 nitrogen and oxygen atoms in total. The van der Waals surface area contributed by atoms with E-state index < -0.39 is 0 Å². The molecule has 0 spiro atoms. The molecule has 1 aromatic heterocycles. The van der Waals surface area contributed by atoms with Crippen molar-refractivity contribution >= 4 is 0 Å². The number of ether oxygens (including phenoxy) is 1. The average molecular weight is 272 g/mol. The molecule has 2 heterocycles. The third-order valence-electron chi connectivity index (χ3n) is 3.58. The Morgan fingerprint density at radius 3 is 2.95 bits per heavy atom. The smallest absolute Gasteiger partial charge is 0.146 e. The van der Waals surface area contributed by atoms with Crippen LogP contribution in [0.15, 0.2) is 24.5 Å². The molecule has 1 N–H and O–H groups in total. The number of nitrogens with one attached hydrogen (secondary N) is 1. The molecule has 0 amide bonds. The number of benzene rings is 1. The second-order valence-electron chi connectivity index (χ2n) is 5.91. The van der Waals surface area contributed by atoms with Crippen LogP contribution in [0.2, 0.25) is 0 Å². The summed E-state index contributed by atoms with van der Waals surface area (Å²) in [5.74, 6) is 1.97. The van der Waals surface area contributed by atoms with Crippen molar-refractivity contribution in [3.05, 3.63) is 41.5 Å². The van der Waals surface area contributed by atoms with Crippen molar-refractivity contribution in [1.29, 1.82) is 0 Å². The lowest BCUT2D eigenvalue weighted by molar-refractivity contribution is 0.137. The molecule has 1 aromatic carbocycles. The van der Waals surface area contributed by atoms with Gasteiger partial charge in [0, 0.05) is 25.6 Å². The molecule has 0 fully saturated rings. The van der Waals surface area contributed by atoms with E-state index in [4.69, 9.17) is 4.74 Å². The molecule has 106 valence electrons. The Balaban J connectivity index is 1.68. The van der Waals surface area contributed by atoms with Crippen LogP contribution in [0.4, 0.5) is 0 Å². The highest BCUT2D eigenvalue weighted by molar-refractivity contribution is 5.45. The molecule has 1 aliphatic rings. The van der Waals surface area contributed by atoms with E-state index in [0.29, 0.717) is 6.54 Å². The first-order valence-electron chi connectivity index (χ1n) is 6.88. The highest BCUT2D eigenvalue weighted by Gasteiger charge is 2.31. The molecular weight excluding hydrogens is 252 g/mol. The van der Waals surface area contributed by atoms with Crippen molar-refractivity contribution < 1.29 is 4.74 Å². The second-order valence-corrected chi connectivity index (χ2v) is 5.91. The Bertz CT molecular complexity index is 618. The molecule has 0 bridgehead atoms. The van der Waals surface area contributed by atoms with Gasteiger partial charge in [0.25, 0.3) is 0 Å². The topological polar surface area (TPSA) is 52.0 Å². The van der Waals surface area contributed by atoms with Crippen LogP contribution in [0.1, 0.15) is 30.8 Å². The fourth-order valence-electron chi connectivity index (χ4n) is 2.59. The SMILES string of the molecule is Cn1cnnc1CNCc1cccc2c1OC(C)(C)C2. The van der Waals surface area contributed by atoms with Crippen molar-refractivity contribution in [2.75, 3.05) is 0 Å². The predicted molar refractivity (Wildman–Crippen MR) is 76.4 cm³/mol. The normalized spacial score (nSPS) is 15.9. The maximum atomic E-state index is 6.06. The van der Waals surface area contributed by atoms with Crippen molar-refractivity contribution in [2.24, 2.45) is 7.05 Å². The summed E-state index contributed by atoms with van der Waals surface area (Å²) in [6.45, 7) is 5.73. The van der Waals surface area contributed by atoms with Gasteiger partial charge in [0.15, 0.2) is 0 Å². The maximum absolute atomic E-state index is 6.06. The summed E-state index contributed by atoms with van der Waals surface area (Å²) < 4.78 is 7.98. The third kappa shape index (κ3) is 2.54. The van der Waals surface area contributed by atoms with Crippen LogP contribution in [-0.4, -0.2) is 20.4 Å². The van der Waals surface area contributed by atoms with Crippen molar-refractivity contribution in [2.45, 2.75) is 39.0 Å². The predicted octanol–water partition coefficient (Wildman–Crippen LogP) is 1.82. The van der Waals surface area contributed by atoms with E-state index in [-0.39, 0.29) is 5.60 Å². The van der Waals surface area contributed by atoms with E-state index in [1.165, 1.54) is 11.1 Å². The van der Waals surface area contributed by atoms with E-state index in [9.17, 15) is 0 Å². The molecule has 3 rings (SSSR count). The van der Waals surface area contributed by atoms with Gasteiger partial charge >= 0.3 is 0 Å². The monoisotopic (exact) mass is 272 g/mol. The number of fused-ring (bicyclic) bond motifs is 1. The molecule has 0 saturated heterocycles. The number of rotatable bonds is 4. The van der Waals surface area contributed by atoms with Crippen LogP contribution in [-0.2, 0) is 26.6 Å². The Kier molecular flexibility index (Phi) is 3.22. The standard InChI is InChI=1S/C15H20N4O/c1-15(2)7-11-5-4-6-12(14(11)20-15)8-16-9-13-18-17-10-19(13)3/h4-6,10,16H,7-9H2,1-3H3. The van der Waals surface area contributed by atoms with Gasteiger partial charge in [-0.2, -0.15) is 0 Å². The molecule has 1 aliphatic heterocycles. The summed E-state index contributed by atoms with van der Waals surface area (Å²) in [5.41, 5.74) is 2.41. The Morgan fingerprint density at radius 1 is 1.35 bits per heavy atom.